The van der Waals surface area contributed by atoms with Crippen LogP contribution in [0.2, 0.25) is 0 Å². The van der Waals surface area contributed by atoms with Crippen molar-refractivity contribution in [1.82, 2.24) is 10.6 Å². The Morgan fingerprint density at radius 3 is 2.20 bits per heavy atom. The van der Waals surface area contributed by atoms with E-state index in [0.717, 1.165) is 5.56 Å². The number of carbonyl (C=O) groups excluding carboxylic acids is 2. The fourth-order valence-electron chi connectivity index (χ4n) is 2.20. The van der Waals surface area contributed by atoms with Crippen LogP contribution in [0.4, 0.5) is 0 Å². The third-order valence-electron chi connectivity index (χ3n) is 3.68. The summed E-state index contributed by atoms with van der Waals surface area (Å²) >= 11 is 4.06. The lowest BCUT2D eigenvalue weighted by Gasteiger charge is -2.23. The molecule has 0 aliphatic rings. The summed E-state index contributed by atoms with van der Waals surface area (Å²) in [5.41, 5.74) is 6.79. The molecule has 0 aliphatic carbocycles. The summed E-state index contributed by atoms with van der Waals surface area (Å²) in [6, 6.07) is 6.46. The molecule has 0 aromatic heterocycles. The van der Waals surface area contributed by atoms with Gasteiger partial charge in [-0.2, -0.15) is 12.6 Å². The van der Waals surface area contributed by atoms with Crippen molar-refractivity contribution in [2.75, 3.05) is 5.75 Å². The Balaban J connectivity index is 2.65. The molecule has 8 heteroatoms. The Kier molecular flexibility index (Phi) is 8.44. The Hall–Kier alpha value is -2.06. The first-order chi connectivity index (χ1) is 11.8. The Bertz CT molecular complexity index is 595. The van der Waals surface area contributed by atoms with E-state index in [1.54, 1.807) is 13.8 Å². The maximum Gasteiger partial charge on any atom is 0.326 e. The van der Waals surface area contributed by atoms with Gasteiger partial charge < -0.3 is 21.5 Å². The predicted molar refractivity (Wildman–Crippen MR) is 98.3 cm³/mol. The van der Waals surface area contributed by atoms with Gasteiger partial charge in [-0.15, -0.1) is 0 Å². The third kappa shape index (κ3) is 6.75. The normalized spacial score (nSPS) is 14.4. The van der Waals surface area contributed by atoms with Gasteiger partial charge >= 0.3 is 5.97 Å². The summed E-state index contributed by atoms with van der Waals surface area (Å²) in [5.74, 6) is -2.49. The molecule has 0 radical (unpaired) electrons. The SMILES string of the molecule is CC(C)[C@H](NC(=O)[C@H](CS)NC(=O)[C@@H](N)Cc1ccccc1)C(=O)O. The first-order valence-electron chi connectivity index (χ1n) is 8.00. The van der Waals surface area contributed by atoms with Crippen LogP contribution in [-0.4, -0.2) is 46.8 Å². The van der Waals surface area contributed by atoms with Crippen molar-refractivity contribution in [3.63, 3.8) is 0 Å². The number of nitrogens with two attached hydrogens (primary N) is 1. The molecule has 3 atom stereocenters. The Morgan fingerprint density at radius 1 is 1.12 bits per heavy atom. The molecule has 0 bridgehead atoms. The molecule has 7 nitrogen and oxygen atoms in total. The molecule has 0 saturated heterocycles. The zero-order valence-corrected chi connectivity index (χ0v) is 15.2. The number of rotatable bonds is 9. The Morgan fingerprint density at radius 2 is 1.72 bits per heavy atom. The predicted octanol–water partition coefficient (Wildman–Crippen LogP) is 0.196. The zero-order valence-electron chi connectivity index (χ0n) is 14.3. The summed E-state index contributed by atoms with van der Waals surface area (Å²) < 4.78 is 0. The van der Waals surface area contributed by atoms with Gasteiger partial charge in [0.25, 0.3) is 0 Å². The number of amides is 2. The van der Waals surface area contributed by atoms with Crippen molar-refractivity contribution in [1.29, 1.82) is 0 Å². The van der Waals surface area contributed by atoms with Crippen molar-refractivity contribution >= 4 is 30.4 Å². The summed E-state index contributed by atoms with van der Waals surface area (Å²) in [6.45, 7) is 3.37. The number of carboxylic acids is 1. The van der Waals surface area contributed by atoms with E-state index in [1.807, 2.05) is 30.3 Å². The number of carboxylic acid groups (broad SMARTS) is 1. The van der Waals surface area contributed by atoms with Gasteiger partial charge in [-0.25, -0.2) is 4.79 Å². The zero-order chi connectivity index (χ0) is 19.0. The maximum atomic E-state index is 12.2. The minimum atomic E-state index is -1.13. The molecular formula is C17H25N3O4S. The van der Waals surface area contributed by atoms with Crippen molar-refractivity contribution < 1.29 is 19.5 Å². The lowest BCUT2D eigenvalue weighted by atomic mass is 10.0. The molecule has 1 aromatic carbocycles. The van der Waals surface area contributed by atoms with Gasteiger partial charge in [0.05, 0.1) is 6.04 Å². The Labute approximate surface area is 152 Å². The van der Waals surface area contributed by atoms with Gasteiger partial charge in [-0.05, 0) is 17.9 Å². The minimum Gasteiger partial charge on any atom is -0.480 e. The molecule has 0 spiro atoms. The van der Waals surface area contributed by atoms with Crippen LogP contribution in [0.15, 0.2) is 30.3 Å². The molecular weight excluding hydrogens is 342 g/mol. The van der Waals surface area contributed by atoms with Crippen molar-refractivity contribution in [3.8, 4) is 0 Å². The molecule has 138 valence electrons. The molecule has 0 saturated carbocycles. The van der Waals surface area contributed by atoms with Gasteiger partial charge in [0, 0.05) is 5.75 Å². The average molecular weight is 367 g/mol. The van der Waals surface area contributed by atoms with Crippen molar-refractivity contribution in [2.24, 2.45) is 11.7 Å². The minimum absolute atomic E-state index is 0.0278. The van der Waals surface area contributed by atoms with E-state index in [-0.39, 0.29) is 11.7 Å². The highest BCUT2D eigenvalue weighted by molar-refractivity contribution is 7.80. The van der Waals surface area contributed by atoms with Crippen molar-refractivity contribution in [2.45, 2.75) is 38.4 Å². The van der Waals surface area contributed by atoms with Crippen LogP contribution < -0.4 is 16.4 Å². The van der Waals surface area contributed by atoms with Gasteiger partial charge in [0.2, 0.25) is 11.8 Å². The highest BCUT2D eigenvalue weighted by Crippen LogP contribution is 2.04. The fraction of sp³-hybridized carbons (Fsp3) is 0.471. The molecule has 25 heavy (non-hydrogen) atoms. The smallest absolute Gasteiger partial charge is 0.326 e. The second-order valence-corrected chi connectivity index (χ2v) is 6.47. The van der Waals surface area contributed by atoms with Gasteiger partial charge in [0.1, 0.15) is 12.1 Å². The van der Waals surface area contributed by atoms with E-state index >= 15 is 0 Å². The van der Waals surface area contributed by atoms with Crippen LogP contribution in [0.5, 0.6) is 0 Å². The van der Waals surface area contributed by atoms with E-state index in [2.05, 4.69) is 23.3 Å². The lowest BCUT2D eigenvalue weighted by molar-refractivity contribution is -0.143. The number of benzene rings is 1. The van der Waals surface area contributed by atoms with Gasteiger partial charge in [-0.3, -0.25) is 9.59 Å². The van der Waals surface area contributed by atoms with Crippen LogP contribution in [0.25, 0.3) is 0 Å². The number of nitrogens with one attached hydrogen (secondary N) is 2. The van der Waals surface area contributed by atoms with Gasteiger partial charge in [0.15, 0.2) is 0 Å². The van der Waals surface area contributed by atoms with Crippen LogP contribution in [-0.2, 0) is 20.8 Å². The summed E-state index contributed by atoms with van der Waals surface area (Å²) in [6.07, 6.45) is 0.331. The van der Waals surface area contributed by atoms with Gasteiger partial charge in [-0.1, -0.05) is 44.2 Å². The van der Waals surface area contributed by atoms with Crippen LogP contribution in [0, 0.1) is 5.92 Å². The quantitative estimate of drug-likeness (QED) is 0.399. The highest BCUT2D eigenvalue weighted by Gasteiger charge is 2.28. The van der Waals surface area contributed by atoms with Crippen LogP contribution >= 0.6 is 12.6 Å². The largest absolute Gasteiger partial charge is 0.480 e. The summed E-state index contributed by atoms with van der Waals surface area (Å²) in [7, 11) is 0. The molecule has 0 heterocycles. The van der Waals surface area contributed by atoms with Crippen molar-refractivity contribution in [3.05, 3.63) is 35.9 Å². The van der Waals surface area contributed by atoms with E-state index in [0.29, 0.717) is 6.42 Å². The summed E-state index contributed by atoms with van der Waals surface area (Å²) in [5, 5.41) is 14.1. The second kappa shape index (κ2) is 10.0. The number of hydrogen-bond donors (Lipinski definition) is 5. The standard InChI is InChI=1S/C17H25N3O4S/c1-10(2)14(17(23)24)20-16(22)13(9-25)19-15(21)12(18)8-11-6-4-3-5-7-11/h3-7,10,12-14,25H,8-9,18H2,1-2H3,(H,19,21)(H,20,22)(H,23,24)/t12-,13-,14-/m0/s1. The first kappa shape index (κ1) is 21.0. The average Bonchev–Trinajstić information content (AvgIpc) is 2.57. The number of hydrogen-bond acceptors (Lipinski definition) is 5. The second-order valence-electron chi connectivity index (χ2n) is 6.11. The maximum absolute atomic E-state index is 12.2. The van der Waals surface area contributed by atoms with E-state index in [9.17, 15) is 14.4 Å². The molecule has 0 unspecified atom stereocenters. The topological polar surface area (TPSA) is 122 Å². The van der Waals surface area contributed by atoms with E-state index in [4.69, 9.17) is 10.8 Å². The molecule has 0 fully saturated rings. The van der Waals surface area contributed by atoms with E-state index in [1.165, 1.54) is 0 Å². The molecule has 1 aromatic rings. The number of thiol groups is 1. The molecule has 0 aliphatic heterocycles. The lowest BCUT2D eigenvalue weighted by Crippen LogP contribution is -2.56. The number of carbonyl (C=O) groups is 3. The summed E-state index contributed by atoms with van der Waals surface area (Å²) in [4.78, 5) is 35.6. The molecule has 1 rings (SSSR count). The highest BCUT2D eigenvalue weighted by atomic mass is 32.1. The molecule has 2 amide bonds. The monoisotopic (exact) mass is 367 g/mol. The van der Waals surface area contributed by atoms with E-state index < -0.39 is 35.9 Å². The fourth-order valence-corrected chi connectivity index (χ4v) is 2.46. The first-order valence-corrected chi connectivity index (χ1v) is 8.63. The number of aliphatic carboxylic acids is 1. The van der Waals surface area contributed by atoms with Crippen LogP contribution in [0.1, 0.15) is 19.4 Å². The molecule has 5 N–H and O–H groups in total. The third-order valence-corrected chi connectivity index (χ3v) is 4.05. The van der Waals surface area contributed by atoms with Crippen LogP contribution in [0.3, 0.4) is 0 Å².